The number of esters is 2. The van der Waals surface area contributed by atoms with Crippen molar-refractivity contribution in [1.82, 2.24) is 29.7 Å². The molecule has 2 aromatic rings. The van der Waals surface area contributed by atoms with Crippen molar-refractivity contribution in [2.75, 3.05) is 32.7 Å². The van der Waals surface area contributed by atoms with Gasteiger partial charge in [-0.15, -0.1) is 0 Å². The number of imidazole rings is 1. The molecular formula is C28H48N7O10P. The summed E-state index contributed by atoms with van der Waals surface area (Å²) in [5, 5.41) is 27.6. The number of rotatable bonds is 13. The summed E-state index contributed by atoms with van der Waals surface area (Å²) in [7, 11) is -2.89. The number of ether oxygens (including phenoxy) is 4. The van der Waals surface area contributed by atoms with E-state index in [1.807, 2.05) is 41.5 Å². The molecule has 0 aromatic carbocycles. The van der Waals surface area contributed by atoms with E-state index in [9.17, 15) is 24.4 Å². The molecule has 18 heteroatoms. The molecule has 1 aliphatic rings. The van der Waals surface area contributed by atoms with Crippen LogP contribution in [0.2, 0.25) is 0 Å². The van der Waals surface area contributed by atoms with Gasteiger partial charge in [-0.1, -0.05) is 41.5 Å². The van der Waals surface area contributed by atoms with Crippen molar-refractivity contribution in [3.8, 4) is 5.88 Å². The van der Waals surface area contributed by atoms with Crippen molar-refractivity contribution >= 4 is 36.7 Å². The fraction of sp³-hybridized carbons (Fsp3) is 0.750. The number of hydrogen-bond donors (Lipinski definition) is 5. The van der Waals surface area contributed by atoms with Gasteiger partial charge in [-0.2, -0.15) is 9.97 Å². The molecule has 2 aromatic heterocycles. The van der Waals surface area contributed by atoms with Gasteiger partial charge < -0.3 is 39.4 Å². The van der Waals surface area contributed by atoms with Crippen molar-refractivity contribution in [2.24, 2.45) is 10.8 Å². The van der Waals surface area contributed by atoms with Gasteiger partial charge in [-0.3, -0.25) is 18.7 Å². The minimum absolute atomic E-state index is 0.0997. The summed E-state index contributed by atoms with van der Waals surface area (Å²) < 4.78 is 43.2. The van der Waals surface area contributed by atoms with Crippen LogP contribution in [0.4, 0.5) is 5.95 Å². The van der Waals surface area contributed by atoms with Crippen LogP contribution in [0.25, 0.3) is 11.2 Å². The summed E-state index contributed by atoms with van der Waals surface area (Å²) >= 11 is 0. The lowest BCUT2D eigenvalue weighted by molar-refractivity contribution is -0.148. The first-order valence-corrected chi connectivity index (χ1v) is 16.4. The highest BCUT2D eigenvalue weighted by Crippen LogP contribution is 2.44. The van der Waals surface area contributed by atoms with Crippen LogP contribution >= 0.6 is 7.67 Å². The SMILES string of the molecule is COc1nc(N)nc2c1ncn2C1OC(COP(=O)(NC(C)C(=O)OCC(C)(C)C)NC(C)C(=O)OCC(C)(C)C)C(O)C1(C)O. The fourth-order valence-electron chi connectivity index (χ4n) is 4.33. The zero-order valence-corrected chi connectivity index (χ0v) is 29.0. The monoisotopic (exact) mass is 673 g/mol. The predicted molar refractivity (Wildman–Crippen MR) is 166 cm³/mol. The molecular weight excluding hydrogens is 625 g/mol. The third-order valence-electron chi connectivity index (χ3n) is 6.76. The number of aliphatic hydroxyl groups excluding tert-OH is 1. The number of anilines is 1. The zero-order valence-electron chi connectivity index (χ0n) is 28.1. The number of fused-ring (bicyclic) bond motifs is 1. The number of carbonyl (C=O) groups excluding carboxylic acids is 2. The molecule has 0 saturated carbocycles. The zero-order chi connectivity index (χ0) is 34.8. The van der Waals surface area contributed by atoms with E-state index in [4.69, 9.17) is 29.2 Å². The normalized spacial score (nSPS) is 24.7. The van der Waals surface area contributed by atoms with Gasteiger partial charge in [0.2, 0.25) is 11.8 Å². The van der Waals surface area contributed by atoms with E-state index >= 15 is 0 Å². The first-order chi connectivity index (χ1) is 21.1. The highest BCUT2D eigenvalue weighted by Gasteiger charge is 2.54. The Balaban J connectivity index is 1.83. The molecule has 0 aliphatic carbocycles. The second-order valence-electron chi connectivity index (χ2n) is 14.0. The van der Waals surface area contributed by atoms with Crippen LogP contribution in [-0.4, -0.2) is 98.5 Å². The number of nitrogens with one attached hydrogen (secondary N) is 2. The molecule has 1 saturated heterocycles. The summed E-state index contributed by atoms with van der Waals surface area (Å²) in [6.45, 7) is 15.2. The Kier molecular flexibility index (Phi) is 11.5. The van der Waals surface area contributed by atoms with Gasteiger partial charge in [0.15, 0.2) is 17.4 Å². The number of aliphatic hydroxyl groups is 2. The predicted octanol–water partition coefficient (Wildman–Crippen LogP) is 1.69. The van der Waals surface area contributed by atoms with Crippen molar-refractivity contribution in [1.29, 1.82) is 0 Å². The minimum atomic E-state index is -4.27. The van der Waals surface area contributed by atoms with Crippen LogP contribution < -0.4 is 20.6 Å². The highest BCUT2D eigenvalue weighted by molar-refractivity contribution is 7.54. The second kappa shape index (κ2) is 14.1. The average Bonchev–Trinajstić information content (AvgIpc) is 3.44. The Morgan fingerprint density at radius 2 is 1.61 bits per heavy atom. The van der Waals surface area contributed by atoms with Gasteiger partial charge in [-0.25, -0.2) is 15.2 Å². The van der Waals surface area contributed by atoms with Gasteiger partial charge in [0.25, 0.3) is 0 Å². The third kappa shape index (κ3) is 9.33. The summed E-state index contributed by atoms with van der Waals surface area (Å²) in [4.78, 5) is 37.9. The van der Waals surface area contributed by atoms with E-state index in [2.05, 4.69) is 25.1 Å². The first-order valence-electron chi connectivity index (χ1n) is 14.8. The Hall–Kier alpha value is -2.92. The lowest BCUT2D eigenvalue weighted by Crippen LogP contribution is -2.45. The van der Waals surface area contributed by atoms with Crippen LogP contribution in [0.1, 0.15) is 68.5 Å². The van der Waals surface area contributed by atoms with Crippen molar-refractivity contribution in [3.05, 3.63) is 6.33 Å². The van der Waals surface area contributed by atoms with E-state index in [0.29, 0.717) is 0 Å². The molecule has 6 N–H and O–H groups in total. The van der Waals surface area contributed by atoms with E-state index in [0.717, 1.165) is 0 Å². The van der Waals surface area contributed by atoms with Gasteiger partial charge in [-0.05, 0) is 31.6 Å². The maximum Gasteiger partial charge on any atom is 0.342 e. The summed E-state index contributed by atoms with van der Waals surface area (Å²) in [5.74, 6) is -1.42. The van der Waals surface area contributed by atoms with Gasteiger partial charge in [0.1, 0.15) is 29.9 Å². The largest absolute Gasteiger partial charge is 0.479 e. The molecule has 1 fully saturated rings. The third-order valence-corrected chi connectivity index (χ3v) is 8.72. The molecule has 0 amide bonds. The maximum atomic E-state index is 14.1. The fourth-order valence-corrected chi connectivity index (χ4v) is 6.14. The van der Waals surface area contributed by atoms with E-state index < -0.39 is 62.3 Å². The van der Waals surface area contributed by atoms with Gasteiger partial charge >= 0.3 is 19.6 Å². The standard InChI is InChI=1S/C28H48N7O10P/c1-15(22(37)42-12-26(3,4)5)33-46(40,34-16(2)23(38)43-13-27(6,7)8)44-11-17-19(36)28(9,39)24(45-17)35-14-30-18-20(35)31-25(29)32-21(18)41-10/h14-17,19,24,36,39H,11-13H2,1-10H3,(H2,29,31,32)(H2,33,34,40). The van der Waals surface area contributed by atoms with Crippen molar-refractivity contribution in [3.63, 3.8) is 0 Å². The van der Waals surface area contributed by atoms with E-state index in [1.165, 1.54) is 38.8 Å². The number of aromatic nitrogens is 4. The molecule has 0 bridgehead atoms. The Labute approximate surface area is 268 Å². The summed E-state index contributed by atoms with van der Waals surface area (Å²) in [5.41, 5.74) is 3.68. The maximum absolute atomic E-state index is 14.1. The number of carbonyl (C=O) groups is 2. The smallest absolute Gasteiger partial charge is 0.342 e. The van der Waals surface area contributed by atoms with E-state index in [1.54, 1.807) is 0 Å². The van der Waals surface area contributed by atoms with Crippen LogP contribution in [0, 0.1) is 10.8 Å². The highest BCUT2D eigenvalue weighted by atomic mass is 31.2. The molecule has 0 spiro atoms. The molecule has 3 rings (SSSR count). The van der Waals surface area contributed by atoms with Gasteiger partial charge in [0.05, 0.1) is 33.3 Å². The quantitative estimate of drug-likeness (QED) is 0.150. The Morgan fingerprint density at radius 3 is 2.09 bits per heavy atom. The van der Waals surface area contributed by atoms with Crippen LogP contribution in [0.15, 0.2) is 6.33 Å². The Bertz CT molecular complexity index is 1400. The summed E-state index contributed by atoms with van der Waals surface area (Å²) in [6, 6.07) is -2.28. The number of nitrogens with zero attached hydrogens (tertiary/aromatic N) is 4. The van der Waals surface area contributed by atoms with Crippen molar-refractivity contribution < 1.29 is 47.8 Å². The molecule has 260 valence electrons. The van der Waals surface area contributed by atoms with Gasteiger partial charge in [0, 0.05) is 0 Å². The lowest BCUT2D eigenvalue weighted by atomic mass is 9.96. The van der Waals surface area contributed by atoms with Crippen molar-refractivity contribution in [2.45, 2.75) is 98.4 Å². The minimum Gasteiger partial charge on any atom is -0.479 e. The summed E-state index contributed by atoms with van der Waals surface area (Å²) in [6.07, 6.45) is -2.74. The number of nitrogen functional groups attached to an aromatic ring is 1. The molecule has 6 unspecified atom stereocenters. The number of hydrogen-bond acceptors (Lipinski definition) is 14. The van der Waals surface area contributed by atoms with E-state index in [-0.39, 0.29) is 47.0 Å². The molecule has 1 aliphatic heterocycles. The van der Waals surface area contributed by atoms with Crippen LogP contribution in [0.5, 0.6) is 5.88 Å². The Morgan fingerprint density at radius 1 is 1.09 bits per heavy atom. The number of methoxy groups -OCH3 is 1. The average molecular weight is 674 g/mol. The first kappa shape index (κ1) is 37.5. The topological polar surface area (TPSA) is 231 Å². The molecule has 0 radical (unpaired) electrons. The number of nitrogens with two attached hydrogens (primary N) is 1. The second-order valence-corrected chi connectivity index (χ2v) is 15.9. The van der Waals surface area contributed by atoms with Crippen LogP contribution in [-0.2, 0) is 32.9 Å². The molecule has 6 atom stereocenters. The lowest BCUT2D eigenvalue weighted by Gasteiger charge is -2.28. The molecule has 3 heterocycles. The van der Waals surface area contributed by atoms with Crippen LogP contribution in [0.3, 0.4) is 0 Å². The molecule has 46 heavy (non-hydrogen) atoms. The molecule has 17 nitrogen and oxygen atoms in total.